The molecule has 140 valence electrons. The van der Waals surface area contributed by atoms with E-state index in [1.54, 1.807) is 30.5 Å². The smallest absolute Gasteiger partial charge is 0.661 e. The summed E-state index contributed by atoms with van der Waals surface area (Å²) < 4.78 is 1.85. The average molecular weight is 545 g/mol. The first kappa shape index (κ1) is 21.2. The van der Waals surface area contributed by atoms with Crippen LogP contribution in [0.1, 0.15) is 21.6 Å². The molecule has 0 aliphatic heterocycles. The average Bonchev–Trinajstić information content (AvgIpc) is 3.25. The molecule has 4 heteroatoms. The molecule has 0 amide bonds. The van der Waals surface area contributed by atoms with Gasteiger partial charge in [-0.25, -0.2) is 0 Å². The number of hydrogen-bond acceptors (Lipinski definition) is 1. The summed E-state index contributed by atoms with van der Waals surface area (Å²) in [4.78, 5) is 15.6. The summed E-state index contributed by atoms with van der Waals surface area (Å²) in [5, 5.41) is 0. The largest absolute Gasteiger partial charge is 3.00 e. The van der Waals surface area contributed by atoms with E-state index in [0.29, 0.717) is 11.3 Å². The fraction of sp³-hybridized carbons (Fsp3) is 0. The van der Waals surface area contributed by atoms with Gasteiger partial charge in [-0.3, -0.25) is 4.79 Å². The quantitative estimate of drug-likeness (QED) is 0.219. The minimum absolute atomic E-state index is 0. The van der Waals surface area contributed by atoms with Crippen molar-refractivity contribution in [2.24, 2.45) is 0 Å². The summed E-state index contributed by atoms with van der Waals surface area (Å²) in [7, 11) is 3.93. The molecule has 0 unspecified atom stereocenters. The van der Waals surface area contributed by atoms with Crippen molar-refractivity contribution < 1.29 is 29.5 Å². The molecule has 4 aromatic rings. The summed E-state index contributed by atoms with van der Waals surface area (Å²) >= 11 is 0. The second-order valence-electron chi connectivity index (χ2n) is 5.93. The number of benzene rings is 2. The predicted octanol–water partition coefficient (Wildman–Crippen LogP) is 4.34. The molecule has 0 spiro atoms. The first-order valence-electron chi connectivity index (χ1n) is 8.57. The van der Waals surface area contributed by atoms with E-state index in [-0.39, 0.29) is 25.9 Å². The maximum Gasteiger partial charge on any atom is 3.00 e. The Labute approximate surface area is 179 Å². The molecule has 2 aromatic carbocycles. The Morgan fingerprint density at radius 1 is 0.821 bits per heavy atom. The standard InChI is InChI=1S/C13H12N.C11H9NO.Ir/c1-11-7-3-4-8-12(11)13-9-5-6-10-14(13)2;13-11(10-7-4-8-12-10)9-5-2-1-3-6-9;/h3-10H,1-2H2;1-8H,(H,12,13);/q-1;;+3/p-1. The molecule has 0 fully saturated rings. The molecular formula is C24H20IrN2O+. The number of rotatable bonds is 3. The minimum Gasteiger partial charge on any atom is -0.661 e. The number of hydrogen-bond donors (Lipinski definition) is 0. The molecule has 2 aromatic heterocycles. The van der Waals surface area contributed by atoms with Crippen LogP contribution in [-0.2, 0) is 20.1 Å². The van der Waals surface area contributed by atoms with E-state index in [9.17, 15) is 4.79 Å². The maximum absolute atomic E-state index is 11.6. The topological polar surface area (TPSA) is 35.1 Å². The van der Waals surface area contributed by atoms with Gasteiger partial charge in [0.05, 0.1) is 11.9 Å². The van der Waals surface area contributed by atoms with Gasteiger partial charge < -0.3 is 9.55 Å². The van der Waals surface area contributed by atoms with Crippen LogP contribution in [0, 0.1) is 14.0 Å². The second kappa shape index (κ2) is 10.3. The molecule has 0 bridgehead atoms. The van der Waals surface area contributed by atoms with Crippen LogP contribution in [-0.4, -0.2) is 5.78 Å². The second-order valence-corrected chi connectivity index (χ2v) is 5.93. The van der Waals surface area contributed by atoms with Crippen LogP contribution < -0.4 is 9.55 Å². The van der Waals surface area contributed by atoms with Crippen LogP contribution in [0.2, 0.25) is 0 Å². The summed E-state index contributed by atoms with van der Waals surface area (Å²) in [5.41, 5.74) is 4.42. The van der Waals surface area contributed by atoms with Crippen molar-refractivity contribution in [3.05, 3.63) is 128 Å². The maximum atomic E-state index is 11.6. The normalized spacial score (nSPS) is 9.57. The van der Waals surface area contributed by atoms with Gasteiger partial charge in [0.15, 0.2) is 5.78 Å². The molecule has 0 N–H and O–H groups in total. The molecule has 28 heavy (non-hydrogen) atoms. The predicted molar refractivity (Wildman–Crippen MR) is 107 cm³/mol. The zero-order valence-electron chi connectivity index (χ0n) is 15.3. The first-order valence-corrected chi connectivity index (χ1v) is 8.57. The molecule has 2 heterocycles. The van der Waals surface area contributed by atoms with Gasteiger partial charge in [-0.05, 0) is 0 Å². The number of carbonyl (C=O) groups excluding carboxylic acids is 1. The molecule has 0 saturated heterocycles. The molecule has 4 rings (SSSR count). The Hall–Kier alpha value is -3.07. The number of carbonyl (C=O) groups is 1. The van der Waals surface area contributed by atoms with Crippen molar-refractivity contribution in [1.29, 1.82) is 0 Å². The van der Waals surface area contributed by atoms with Crippen molar-refractivity contribution in [1.82, 2.24) is 4.98 Å². The molecule has 0 atom stereocenters. The van der Waals surface area contributed by atoms with Gasteiger partial charge in [-0.2, -0.15) is 24.8 Å². The number of pyridine rings is 1. The van der Waals surface area contributed by atoms with Crippen molar-refractivity contribution in [3.63, 3.8) is 0 Å². The van der Waals surface area contributed by atoms with E-state index < -0.39 is 0 Å². The van der Waals surface area contributed by atoms with Crippen LogP contribution in [0.15, 0.2) is 97.3 Å². The third-order valence-corrected chi connectivity index (χ3v) is 4.06. The molecule has 0 aliphatic carbocycles. The van der Waals surface area contributed by atoms with E-state index in [4.69, 9.17) is 0 Å². The van der Waals surface area contributed by atoms with Gasteiger partial charge in [-0.1, -0.05) is 72.4 Å². The van der Waals surface area contributed by atoms with Gasteiger partial charge in [0.25, 0.3) is 0 Å². The fourth-order valence-electron chi connectivity index (χ4n) is 2.66. The van der Waals surface area contributed by atoms with Crippen LogP contribution in [0.25, 0.3) is 11.3 Å². The fourth-order valence-corrected chi connectivity index (χ4v) is 2.66. The molecule has 0 radical (unpaired) electrons. The van der Waals surface area contributed by atoms with Crippen molar-refractivity contribution in [2.45, 2.75) is 0 Å². The number of aromatic nitrogens is 2. The summed E-state index contributed by atoms with van der Waals surface area (Å²) in [6, 6.07) is 26.7. The number of nitrogens with zero attached hydrogens (tertiary/aromatic N) is 2. The Bertz CT molecular complexity index is 968. The van der Waals surface area contributed by atoms with Gasteiger partial charge in [-0.15, -0.1) is 17.7 Å². The molecule has 3 nitrogen and oxygen atoms in total. The third-order valence-electron chi connectivity index (χ3n) is 4.06. The van der Waals surface area contributed by atoms with Gasteiger partial charge in [0, 0.05) is 12.6 Å². The SMILES string of the molecule is O=C(c1ccccc1)c1ccc[n-]1.[CH2-]c1ccccc1-c1cccc[n+]1[CH2-].[Ir+3]. The molecule has 0 saturated carbocycles. The number of ketones is 1. The van der Waals surface area contributed by atoms with Crippen molar-refractivity contribution in [2.75, 3.05) is 0 Å². The minimum atomic E-state index is -0.0226. The Balaban J connectivity index is 0.000000194. The van der Waals surface area contributed by atoms with E-state index >= 15 is 0 Å². The summed E-state index contributed by atoms with van der Waals surface area (Å²) in [6.07, 6.45) is 3.55. The Morgan fingerprint density at radius 2 is 1.50 bits per heavy atom. The Morgan fingerprint density at radius 3 is 2.14 bits per heavy atom. The summed E-state index contributed by atoms with van der Waals surface area (Å²) in [6.45, 7) is 4.00. The van der Waals surface area contributed by atoms with E-state index in [2.05, 4.69) is 25.0 Å². The van der Waals surface area contributed by atoms with E-state index in [1.165, 1.54) is 0 Å². The van der Waals surface area contributed by atoms with Crippen LogP contribution in [0.5, 0.6) is 0 Å². The van der Waals surface area contributed by atoms with Gasteiger partial charge in [0.1, 0.15) is 0 Å². The zero-order valence-corrected chi connectivity index (χ0v) is 17.7. The van der Waals surface area contributed by atoms with E-state index in [0.717, 1.165) is 16.8 Å². The monoisotopic (exact) mass is 545 g/mol. The van der Waals surface area contributed by atoms with E-state index in [1.807, 2.05) is 65.4 Å². The molecular weight excluding hydrogens is 524 g/mol. The zero-order chi connectivity index (χ0) is 19.1. The van der Waals surface area contributed by atoms with Crippen LogP contribution in [0.3, 0.4) is 0 Å². The Kier molecular flexibility index (Phi) is 7.82. The molecule has 0 aliphatic rings. The first-order chi connectivity index (χ1) is 13.2. The van der Waals surface area contributed by atoms with Gasteiger partial charge in [0.2, 0.25) is 0 Å². The van der Waals surface area contributed by atoms with Crippen molar-refractivity contribution in [3.8, 4) is 11.3 Å². The third kappa shape index (κ3) is 5.23. The summed E-state index contributed by atoms with van der Waals surface area (Å²) in [5.74, 6) is -0.0226. The van der Waals surface area contributed by atoms with Crippen molar-refractivity contribution >= 4 is 5.78 Å². The van der Waals surface area contributed by atoms with Gasteiger partial charge >= 0.3 is 20.1 Å². The van der Waals surface area contributed by atoms with Crippen LogP contribution >= 0.6 is 0 Å². The van der Waals surface area contributed by atoms with Crippen LogP contribution in [0.4, 0.5) is 0 Å².